The van der Waals surface area contributed by atoms with Crippen molar-refractivity contribution < 1.29 is 23.5 Å². The molecule has 142 valence electrons. The summed E-state index contributed by atoms with van der Waals surface area (Å²) in [4.78, 5) is 26.1. The van der Waals surface area contributed by atoms with Crippen LogP contribution in [0.4, 0.5) is 4.39 Å². The zero-order chi connectivity index (χ0) is 19.4. The highest BCUT2D eigenvalue weighted by molar-refractivity contribution is 6.31. The van der Waals surface area contributed by atoms with Crippen molar-refractivity contribution in [2.24, 2.45) is 5.92 Å². The molecule has 0 saturated carbocycles. The Kier molecular flexibility index (Phi) is 5.96. The summed E-state index contributed by atoms with van der Waals surface area (Å²) in [5, 5.41) is 0.581. The van der Waals surface area contributed by atoms with Gasteiger partial charge in [-0.1, -0.05) is 35.9 Å². The Morgan fingerprint density at radius 2 is 2.07 bits per heavy atom. The van der Waals surface area contributed by atoms with Crippen molar-refractivity contribution in [2.45, 2.75) is 19.6 Å². The monoisotopic (exact) mass is 391 g/mol. The summed E-state index contributed by atoms with van der Waals surface area (Å²) in [5.41, 5.74) is 1.34. The zero-order valence-electron chi connectivity index (χ0n) is 14.8. The first kappa shape index (κ1) is 19.2. The summed E-state index contributed by atoms with van der Waals surface area (Å²) in [6.07, 6.45) is 0.0975. The summed E-state index contributed by atoms with van der Waals surface area (Å²) in [6.45, 7) is 0.570. The van der Waals surface area contributed by atoms with Crippen molar-refractivity contribution in [3.63, 3.8) is 0 Å². The second-order valence-corrected chi connectivity index (χ2v) is 6.75. The minimum absolute atomic E-state index is 0.0606. The Morgan fingerprint density at radius 3 is 2.78 bits per heavy atom. The molecule has 3 rings (SSSR count). The van der Waals surface area contributed by atoms with Crippen molar-refractivity contribution in [2.75, 3.05) is 13.7 Å². The number of benzene rings is 2. The summed E-state index contributed by atoms with van der Waals surface area (Å²) in [7, 11) is 1.38. The van der Waals surface area contributed by atoms with Crippen LogP contribution in [-0.2, 0) is 27.5 Å². The number of esters is 1. The molecule has 27 heavy (non-hydrogen) atoms. The van der Waals surface area contributed by atoms with Crippen LogP contribution in [0.5, 0.6) is 5.75 Å². The molecule has 0 unspecified atom stereocenters. The van der Waals surface area contributed by atoms with Crippen LogP contribution >= 0.6 is 11.6 Å². The molecular weight excluding hydrogens is 373 g/mol. The highest BCUT2D eigenvalue weighted by Gasteiger charge is 2.35. The topological polar surface area (TPSA) is 55.8 Å². The number of ether oxygens (including phenoxy) is 2. The van der Waals surface area contributed by atoms with Gasteiger partial charge in [-0.25, -0.2) is 4.39 Å². The Hall–Kier alpha value is -2.60. The molecule has 0 aromatic heterocycles. The maximum atomic E-state index is 13.7. The quantitative estimate of drug-likeness (QED) is 0.706. The van der Waals surface area contributed by atoms with E-state index < -0.39 is 17.7 Å². The van der Waals surface area contributed by atoms with Crippen LogP contribution in [0.1, 0.15) is 17.5 Å². The lowest BCUT2D eigenvalue weighted by Crippen LogP contribution is -2.26. The van der Waals surface area contributed by atoms with E-state index in [4.69, 9.17) is 21.1 Å². The Bertz CT molecular complexity index is 858. The lowest BCUT2D eigenvalue weighted by atomic mass is 10.1. The fourth-order valence-corrected chi connectivity index (χ4v) is 3.18. The molecule has 0 spiro atoms. The van der Waals surface area contributed by atoms with Crippen molar-refractivity contribution in [1.82, 2.24) is 4.90 Å². The highest BCUT2D eigenvalue weighted by Crippen LogP contribution is 2.25. The molecule has 0 aliphatic carbocycles. The molecule has 2 aromatic rings. The molecule has 1 heterocycles. The van der Waals surface area contributed by atoms with Crippen molar-refractivity contribution in [1.29, 1.82) is 0 Å². The molecule has 2 aromatic carbocycles. The molecule has 5 nitrogen and oxygen atoms in total. The van der Waals surface area contributed by atoms with Crippen molar-refractivity contribution >= 4 is 23.5 Å². The first-order chi connectivity index (χ1) is 13.0. The normalized spacial score (nSPS) is 16.5. The third-order valence-corrected chi connectivity index (χ3v) is 4.83. The second kappa shape index (κ2) is 8.39. The van der Waals surface area contributed by atoms with Crippen LogP contribution in [0.15, 0.2) is 42.5 Å². The maximum Gasteiger partial charge on any atom is 0.311 e. The van der Waals surface area contributed by atoms with E-state index in [9.17, 15) is 14.0 Å². The molecule has 0 N–H and O–H groups in total. The van der Waals surface area contributed by atoms with Gasteiger partial charge >= 0.3 is 5.97 Å². The fourth-order valence-electron chi connectivity index (χ4n) is 2.99. The number of rotatable bonds is 6. The van der Waals surface area contributed by atoms with E-state index in [2.05, 4.69) is 0 Å². The number of amides is 1. The van der Waals surface area contributed by atoms with E-state index in [1.54, 1.807) is 17.0 Å². The SMILES string of the molecule is COc1ccc(COC(=O)[C@@H]2CC(=O)N(Cc3ccccc3Cl)C2)cc1F. The average molecular weight is 392 g/mol. The van der Waals surface area contributed by atoms with Crippen molar-refractivity contribution in [3.8, 4) is 5.75 Å². The number of carbonyl (C=O) groups excluding carboxylic acids is 2. The summed E-state index contributed by atoms with van der Waals surface area (Å²) >= 11 is 6.13. The van der Waals surface area contributed by atoms with Crippen LogP contribution in [-0.4, -0.2) is 30.4 Å². The lowest BCUT2D eigenvalue weighted by Gasteiger charge is -2.17. The number of methoxy groups -OCH3 is 1. The molecule has 0 bridgehead atoms. The smallest absolute Gasteiger partial charge is 0.311 e. The van der Waals surface area contributed by atoms with Gasteiger partial charge in [-0.05, 0) is 29.3 Å². The van der Waals surface area contributed by atoms with Gasteiger partial charge in [0.15, 0.2) is 11.6 Å². The van der Waals surface area contributed by atoms with Crippen LogP contribution in [0, 0.1) is 11.7 Å². The fraction of sp³-hybridized carbons (Fsp3) is 0.300. The summed E-state index contributed by atoms with van der Waals surface area (Å²) in [5.74, 6) is -1.52. The maximum absolute atomic E-state index is 13.7. The van der Waals surface area contributed by atoms with Gasteiger partial charge in [0, 0.05) is 24.5 Å². The van der Waals surface area contributed by atoms with E-state index in [0.717, 1.165) is 5.56 Å². The molecule has 1 aliphatic rings. The van der Waals surface area contributed by atoms with Gasteiger partial charge in [0.1, 0.15) is 6.61 Å². The largest absolute Gasteiger partial charge is 0.494 e. The number of hydrogen-bond donors (Lipinski definition) is 0. The molecule has 1 aliphatic heterocycles. The van der Waals surface area contributed by atoms with Gasteiger partial charge in [-0.2, -0.15) is 0 Å². The summed E-state index contributed by atoms with van der Waals surface area (Å²) < 4.78 is 23.8. The second-order valence-electron chi connectivity index (χ2n) is 6.34. The average Bonchev–Trinajstić information content (AvgIpc) is 3.02. The minimum atomic E-state index is -0.539. The molecule has 0 radical (unpaired) electrons. The number of likely N-dealkylation sites (tertiary alicyclic amines) is 1. The van der Waals surface area contributed by atoms with E-state index in [0.29, 0.717) is 17.1 Å². The van der Waals surface area contributed by atoms with Gasteiger partial charge in [-0.15, -0.1) is 0 Å². The van der Waals surface area contributed by atoms with E-state index in [1.807, 2.05) is 18.2 Å². The molecular formula is C20H19ClFNO4. The first-order valence-corrected chi connectivity index (χ1v) is 8.86. The Morgan fingerprint density at radius 1 is 1.30 bits per heavy atom. The Labute approximate surface area is 161 Å². The van der Waals surface area contributed by atoms with Crippen molar-refractivity contribution in [3.05, 3.63) is 64.4 Å². The van der Waals surface area contributed by atoms with Crippen LogP contribution in [0.3, 0.4) is 0 Å². The molecule has 1 saturated heterocycles. The van der Waals surface area contributed by atoms with Crippen LogP contribution in [0.2, 0.25) is 5.02 Å². The van der Waals surface area contributed by atoms with Gasteiger partial charge < -0.3 is 14.4 Å². The molecule has 1 amide bonds. The van der Waals surface area contributed by atoms with Gasteiger partial charge in [-0.3, -0.25) is 9.59 Å². The van der Waals surface area contributed by atoms with Gasteiger partial charge in [0.25, 0.3) is 0 Å². The molecule has 7 heteroatoms. The van der Waals surface area contributed by atoms with E-state index in [-0.39, 0.29) is 31.2 Å². The molecule has 1 atom stereocenters. The zero-order valence-corrected chi connectivity index (χ0v) is 15.5. The predicted octanol–water partition coefficient (Wildman–Crippen LogP) is 3.58. The number of nitrogens with zero attached hydrogens (tertiary/aromatic N) is 1. The van der Waals surface area contributed by atoms with Gasteiger partial charge in [0.05, 0.1) is 13.0 Å². The third-order valence-electron chi connectivity index (χ3n) is 4.46. The number of hydrogen-bond acceptors (Lipinski definition) is 4. The van der Waals surface area contributed by atoms with Crippen LogP contribution in [0.25, 0.3) is 0 Å². The van der Waals surface area contributed by atoms with E-state index >= 15 is 0 Å². The highest BCUT2D eigenvalue weighted by atomic mass is 35.5. The Balaban J connectivity index is 1.56. The summed E-state index contributed by atoms with van der Waals surface area (Å²) in [6, 6.07) is 11.6. The lowest BCUT2D eigenvalue weighted by molar-refractivity contribution is -0.149. The number of halogens is 2. The standard InChI is InChI=1S/C20H19ClFNO4/c1-26-18-7-6-13(8-17(18)22)12-27-20(25)15-9-19(24)23(11-15)10-14-4-2-3-5-16(14)21/h2-8,15H,9-12H2,1H3/t15-/m1/s1. The third kappa shape index (κ3) is 4.57. The van der Waals surface area contributed by atoms with E-state index in [1.165, 1.54) is 19.2 Å². The first-order valence-electron chi connectivity index (χ1n) is 8.48. The number of carbonyl (C=O) groups is 2. The minimum Gasteiger partial charge on any atom is -0.494 e. The van der Waals surface area contributed by atoms with Crippen LogP contribution < -0.4 is 4.74 Å². The predicted molar refractivity (Wildman–Crippen MR) is 97.7 cm³/mol. The van der Waals surface area contributed by atoms with Gasteiger partial charge in [0.2, 0.25) is 5.91 Å². The molecule has 1 fully saturated rings.